The van der Waals surface area contributed by atoms with Crippen LogP contribution in [0, 0.1) is 10.2 Å². The molecule has 47 heavy (non-hydrogen) atoms. The fourth-order valence-corrected chi connectivity index (χ4v) is 15.2. The minimum absolute atomic E-state index is 0.195. The van der Waals surface area contributed by atoms with Gasteiger partial charge in [0.05, 0.1) is 14.9 Å². The summed E-state index contributed by atoms with van der Waals surface area (Å²) in [6.07, 6.45) is 0. The summed E-state index contributed by atoms with van der Waals surface area (Å²) < 4.78 is 50.6. The van der Waals surface area contributed by atoms with Gasteiger partial charge in [0.25, 0.3) is 0 Å². The third-order valence-corrected chi connectivity index (χ3v) is 16.0. The van der Waals surface area contributed by atoms with Crippen LogP contribution in [0.15, 0.2) is 72.8 Å². The molecule has 0 amide bonds. The van der Waals surface area contributed by atoms with Gasteiger partial charge in [-0.05, 0) is 0 Å². The zero-order valence-electron chi connectivity index (χ0n) is 27.1. The van der Waals surface area contributed by atoms with Gasteiger partial charge >= 0.3 is 303 Å². The van der Waals surface area contributed by atoms with E-state index in [4.69, 9.17) is 28.1 Å². The maximum atomic E-state index is 8.60. The van der Waals surface area contributed by atoms with Gasteiger partial charge in [0.1, 0.15) is 0 Å². The van der Waals surface area contributed by atoms with E-state index in [0.717, 1.165) is 23.0 Å². The third-order valence-electron chi connectivity index (χ3n) is 6.03. The summed E-state index contributed by atoms with van der Waals surface area (Å²) in [6.45, 7) is 18.2. The molecule has 0 radical (unpaired) electrons. The molecule has 0 fully saturated rings. The molecular weight excluding hydrogens is 1030 g/mol. The van der Waals surface area contributed by atoms with Crippen molar-refractivity contribution in [1.82, 2.24) is 0 Å². The number of ether oxygens (including phenoxy) is 2. The Morgan fingerprint density at radius 2 is 0.617 bits per heavy atom. The van der Waals surface area contributed by atoms with Crippen LogP contribution < -0.4 is 61.0 Å². The molecule has 6 nitrogen and oxygen atoms in total. The van der Waals surface area contributed by atoms with Crippen LogP contribution in [0.3, 0.4) is 0 Å². The molecule has 0 heterocycles. The molecule has 0 aliphatic heterocycles. The molecule has 0 saturated heterocycles. The van der Waals surface area contributed by atoms with Gasteiger partial charge in [-0.1, -0.05) is 0 Å². The van der Waals surface area contributed by atoms with Crippen LogP contribution in [0.4, 0.5) is 0 Å². The van der Waals surface area contributed by atoms with Crippen molar-refractivity contribution in [2.75, 3.05) is 53.3 Å². The summed E-state index contributed by atoms with van der Waals surface area (Å²) in [7, 11) is -5.47. The monoisotopic (exact) mass is 1060 g/mol. The molecule has 256 valence electrons. The maximum Gasteiger partial charge on any atom is 0.0777 e. The molecule has 0 spiro atoms. The second-order valence-corrected chi connectivity index (χ2v) is 24.3. The Bertz CT molecular complexity index is 1390. The van der Waals surface area contributed by atoms with Crippen LogP contribution in [0.2, 0.25) is 0 Å². The summed E-state index contributed by atoms with van der Waals surface area (Å²) in [5, 5.41) is 5.42. The van der Waals surface area contributed by atoms with Crippen molar-refractivity contribution in [3.8, 4) is 23.0 Å². The molecular formula is C32H37ClO6P4Tc4. The molecule has 4 aromatic carbocycles. The molecule has 4 rings (SSSR count). The Labute approximate surface area is 329 Å². The van der Waals surface area contributed by atoms with E-state index in [9.17, 15) is 0 Å². The van der Waals surface area contributed by atoms with E-state index < -0.39 is 10.2 Å². The first-order valence-electron chi connectivity index (χ1n) is 13.7. The smallest absolute Gasteiger partial charge is 0.0777 e. The average molecular weight is 1070 g/mol. The number of rotatable bonds is 8. The molecule has 0 aliphatic rings. The molecule has 0 bridgehead atoms. The van der Waals surface area contributed by atoms with Gasteiger partial charge < -0.3 is 0 Å². The Hall–Kier alpha value is 0.927. The van der Waals surface area contributed by atoms with Crippen LogP contribution in [-0.4, -0.2) is 58.0 Å². The second kappa shape index (κ2) is 20.8. The Balaban J connectivity index is 0.000000286. The topological polar surface area (TPSA) is 108 Å². The summed E-state index contributed by atoms with van der Waals surface area (Å²) in [6, 6.07) is 25.3. The molecule has 15 heteroatoms. The summed E-state index contributed by atoms with van der Waals surface area (Å²) in [4.78, 5) is 0. The van der Waals surface area contributed by atoms with E-state index >= 15 is 0 Å². The minimum atomic E-state index is -4.69. The zero-order chi connectivity index (χ0) is 35.6. The van der Waals surface area contributed by atoms with Crippen molar-refractivity contribution in [3.05, 3.63) is 72.8 Å². The molecule has 0 saturated carbocycles. The van der Waals surface area contributed by atoms with Gasteiger partial charge in [-0.25, -0.2) is 0 Å². The van der Waals surface area contributed by atoms with Gasteiger partial charge in [-0.2, -0.15) is 14.0 Å². The van der Waals surface area contributed by atoms with Gasteiger partial charge in [-0.3, -0.25) is 0 Å². The van der Waals surface area contributed by atoms with E-state index in [1.165, 1.54) is 37.5 Å². The first-order valence-corrected chi connectivity index (χ1v) is 27.6. The number of hydrogen-bond acceptors (Lipinski definition) is 6. The fourth-order valence-electron chi connectivity index (χ4n) is 4.28. The first kappa shape index (κ1) is 44.1. The maximum absolute atomic E-state index is 8.60. The third kappa shape index (κ3) is 14.5. The quantitative estimate of drug-likeness (QED) is 0.264. The fraction of sp³-hybridized carbons (Fsp3) is 0.250. The van der Waals surface area contributed by atoms with Crippen molar-refractivity contribution < 1.29 is 114 Å². The number of halogens is 1. The zero-order valence-corrected chi connectivity index (χ0v) is 38.9. The van der Waals surface area contributed by atoms with Crippen LogP contribution in [-0.2, 0) is 75.6 Å². The van der Waals surface area contributed by atoms with E-state index in [0.29, 0.717) is 0 Å². The van der Waals surface area contributed by atoms with Crippen molar-refractivity contribution in [3.63, 3.8) is 0 Å². The van der Waals surface area contributed by atoms with Crippen LogP contribution in [0.1, 0.15) is 0 Å². The number of benzene rings is 4. The van der Waals surface area contributed by atoms with Gasteiger partial charge in [0.15, 0.2) is 0 Å². The minimum Gasteiger partial charge on any atom is -0.183 e. The SMILES string of the molecule is CP(C)c1[c]([Tc])cccc1Oc1ccc[c]([Tc])c1P(C)C.CP(C)c1[c]([Tc])cccc1Oc1ccc[c]([Tc])c1P(C)C.[O-][Cl+3]([O-])([O-])O. The summed E-state index contributed by atoms with van der Waals surface area (Å²) in [5.41, 5.74) is 0. The molecule has 0 aliphatic carbocycles. The van der Waals surface area contributed by atoms with Gasteiger partial charge in [0, 0.05) is 0 Å². The average Bonchev–Trinajstić information content (AvgIpc) is 2.92. The molecule has 1 N–H and O–H groups in total. The molecule has 0 aromatic heterocycles. The Kier molecular flexibility index (Phi) is 19.5. The van der Waals surface area contributed by atoms with Crippen molar-refractivity contribution >= 4 is 69.2 Å². The van der Waals surface area contributed by atoms with E-state index in [1.54, 1.807) is 0 Å². The van der Waals surface area contributed by atoms with Crippen LogP contribution >= 0.6 is 31.7 Å². The molecule has 0 unspecified atom stereocenters. The Morgan fingerprint density at radius 3 is 0.766 bits per heavy atom. The van der Waals surface area contributed by atoms with Gasteiger partial charge in [0.2, 0.25) is 0 Å². The molecule has 4 aromatic rings. The van der Waals surface area contributed by atoms with E-state index in [2.05, 4.69) is 202 Å². The first-order chi connectivity index (χ1) is 21.8. The largest absolute Gasteiger partial charge is 0.183 e. The van der Waals surface area contributed by atoms with Crippen molar-refractivity contribution in [2.24, 2.45) is 0 Å². The summed E-state index contributed by atoms with van der Waals surface area (Å²) >= 11 is 9.65. The van der Waals surface area contributed by atoms with Crippen LogP contribution in [0.25, 0.3) is 0 Å². The molecule has 0 atom stereocenters. The van der Waals surface area contributed by atoms with Crippen LogP contribution in [0.5, 0.6) is 23.0 Å². The standard InChI is InChI=1S/2C16H18OP2.ClHO4.4Tc/c2*1-18(2)15-11-7-5-9-13(15)17-14-10-6-8-12-16(14)19(3)4;2-1(3,4)5;;;;/h2*5-10H,1-4H3;(H,2,3,4,5);;;;. The normalized spacial score (nSPS) is 11.3. The summed E-state index contributed by atoms with van der Waals surface area (Å²) in [5.74, 6) is 4.05. The van der Waals surface area contributed by atoms with Crippen molar-refractivity contribution in [1.29, 1.82) is 0 Å². The predicted molar refractivity (Wildman–Crippen MR) is 180 cm³/mol. The second-order valence-electron chi connectivity index (χ2n) is 10.5. The number of hydrogen-bond donors (Lipinski definition) is 1. The van der Waals surface area contributed by atoms with Crippen molar-refractivity contribution in [2.45, 2.75) is 0 Å². The van der Waals surface area contributed by atoms with E-state index in [-0.39, 0.29) is 31.7 Å². The predicted octanol–water partition coefficient (Wildman–Crippen LogP) is 0.989. The Morgan fingerprint density at radius 1 is 0.447 bits per heavy atom. The van der Waals surface area contributed by atoms with E-state index in [1.807, 2.05) is 0 Å². The van der Waals surface area contributed by atoms with Gasteiger partial charge in [-0.15, -0.1) is 0 Å².